The second kappa shape index (κ2) is 9.15. The number of nitrogens with zero attached hydrogens (tertiary/aromatic N) is 1. The Morgan fingerprint density at radius 1 is 0.641 bits per heavy atom. The van der Waals surface area contributed by atoms with Crippen LogP contribution in [0.4, 0.5) is 11.5 Å². The van der Waals surface area contributed by atoms with Crippen molar-refractivity contribution in [3.63, 3.8) is 0 Å². The van der Waals surface area contributed by atoms with Gasteiger partial charge in [0.05, 0.1) is 22.4 Å². The lowest BCUT2D eigenvalue weighted by atomic mass is 9.98. The van der Waals surface area contributed by atoms with Gasteiger partial charge in [-0.3, -0.25) is 5.41 Å². The van der Waals surface area contributed by atoms with Gasteiger partial charge in [-0.05, 0) is 35.7 Å². The van der Waals surface area contributed by atoms with Crippen LogP contribution in [0.2, 0.25) is 0 Å². The molecule has 0 aliphatic rings. The SMILES string of the molecule is N=C(c1ccccc1Nc1cccc(-c2ccccc2O)n1)c1cccc2c1[nH]c1c3ccccc3ccc21. The molecule has 5 heteroatoms. The maximum Gasteiger partial charge on any atom is 0.131 e. The standard InChI is InChI=1S/C34H24N4O/c35-32(27-14-7-13-23-24-20-19-21-9-1-2-10-22(21)33(24)38-34(23)27)26-12-3-5-15-29(26)37-31-18-8-16-28(36-31)25-11-4-6-17-30(25)39/h1-20,35,38-39H,(H,36,37). The van der Waals surface area contributed by atoms with Crippen molar-refractivity contribution in [2.75, 3.05) is 5.32 Å². The molecule has 0 spiro atoms. The topological polar surface area (TPSA) is 84.8 Å². The molecule has 4 N–H and O–H groups in total. The number of phenols is 1. The van der Waals surface area contributed by atoms with Gasteiger partial charge in [-0.15, -0.1) is 0 Å². The van der Waals surface area contributed by atoms with E-state index < -0.39 is 0 Å². The lowest BCUT2D eigenvalue weighted by Gasteiger charge is -2.14. The number of aromatic hydroxyl groups is 1. The van der Waals surface area contributed by atoms with Gasteiger partial charge in [0.25, 0.3) is 0 Å². The number of pyridine rings is 1. The Hall–Kier alpha value is -5.42. The minimum absolute atomic E-state index is 0.184. The van der Waals surface area contributed by atoms with Crippen LogP contribution >= 0.6 is 0 Å². The van der Waals surface area contributed by atoms with Gasteiger partial charge in [0.15, 0.2) is 0 Å². The first-order valence-corrected chi connectivity index (χ1v) is 12.8. The molecule has 0 saturated carbocycles. The Morgan fingerprint density at radius 2 is 1.36 bits per heavy atom. The Labute approximate surface area is 224 Å². The Kier molecular flexibility index (Phi) is 5.34. The average molecular weight is 505 g/mol. The van der Waals surface area contributed by atoms with E-state index in [1.54, 1.807) is 12.1 Å². The van der Waals surface area contributed by atoms with E-state index in [1.807, 2.05) is 66.7 Å². The summed E-state index contributed by atoms with van der Waals surface area (Å²) in [5.41, 5.74) is 6.16. The van der Waals surface area contributed by atoms with Gasteiger partial charge in [-0.25, -0.2) is 4.98 Å². The molecule has 2 heterocycles. The molecule has 0 bridgehead atoms. The number of H-pyrrole nitrogens is 1. The van der Waals surface area contributed by atoms with Crippen LogP contribution in [-0.4, -0.2) is 20.8 Å². The van der Waals surface area contributed by atoms with Crippen LogP contribution in [0.25, 0.3) is 43.8 Å². The molecule has 0 amide bonds. The van der Waals surface area contributed by atoms with Crippen LogP contribution in [0.15, 0.2) is 121 Å². The lowest BCUT2D eigenvalue weighted by Crippen LogP contribution is -2.07. The highest BCUT2D eigenvalue weighted by Gasteiger charge is 2.17. The number of aromatic nitrogens is 2. The van der Waals surface area contributed by atoms with E-state index in [0.29, 0.717) is 22.8 Å². The molecule has 5 nitrogen and oxygen atoms in total. The van der Waals surface area contributed by atoms with Gasteiger partial charge in [-0.2, -0.15) is 0 Å². The maximum atomic E-state index is 10.3. The predicted molar refractivity (Wildman–Crippen MR) is 160 cm³/mol. The molecule has 7 rings (SSSR count). The van der Waals surface area contributed by atoms with Crippen molar-refractivity contribution in [2.24, 2.45) is 0 Å². The first-order valence-electron chi connectivity index (χ1n) is 12.8. The van der Waals surface area contributed by atoms with E-state index in [2.05, 4.69) is 52.8 Å². The summed E-state index contributed by atoms with van der Waals surface area (Å²) < 4.78 is 0. The first kappa shape index (κ1) is 22.8. The molecule has 0 saturated heterocycles. The average Bonchev–Trinajstić information content (AvgIpc) is 3.37. The van der Waals surface area contributed by atoms with Gasteiger partial charge in [0.2, 0.25) is 0 Å². The molecule has 5 aromatic carbocycles. The number of phenolic OH excluding ortho intramolecular Hbond substituents is 1. The van der Waals surface area contributed by atoms with E-state index >= 15 is 0 Å². The number of anilines is 2. The molecule has 0 radical (unpaired) electrons. The Morgan fingerprint density at radius 3 is 2.28 bits per heavy atom. The normalized spacial score (nSPS) is 11.3. The largest absolute Gasteiger partial charge is 0.507 e. The smallest absolute Gasteiger partial charge is 0.131 e. The highest BCUT2D eigenvalue weighted by molar-refractivity contribution is 6.25. The zero-order chi connectivity index (χ0) is 26.3. The highest BCUT2D eigenvalue weighted by atomic mass is 16.3. The summed E-state index contributed by atoms with van der Waals surface area (Å²) in [5.74, 6) is 0.815. The second-order valence-electron chi connectivity index (χ2n) is 9.53. The van der Waals surface area contributed by atoms with Gasteiger partial charge < -0.3 is 15.4 Å². The molecule has 0 aliphatic heterocycles. The maximum absolute atomic E-state index is 10.3. The van der Waals surface area contributed by atoms with Gasteiger partial charge >= 0.3 is 0 Å². The molecule has 186 valence electrons. The van der Waals surface area contributed by atoms with Gasteiger partial charge in [0.1, 0.15) is 11.6 Å². The first-order chi connectivity index (χ1) is 19.2. The number of hydrogen-bond acceptors (Lipinski definition) is 4. The van der Waals surface area contributed by atoms with E-state index in [4.69, 9.17) is 4.98 Å². The van der Waals surface area contributed by atoms with Crippen LogP contribution in [0.3, 0.4) is 0 Å². The summed E-state index contributed by atoms with van der Waals surface area (Å²) in [6.07, 6.45) is 0. The monoisotopic (exact) mass is 504 g/mol. The van der Waals surface area contributed by atoms with Crippen LogP contribution in [0, 0.1) is 5.41 Å². The van der Waals surface area contributed by atoms with E-state index in [1.165, 1.54) is 10.8 Å². The number of aromatic amines is 1. The molecular formula is C34H24N4O. The third kappa shape index (κ3) is 3.88. The van der Waals surface area contributed by atoms with Crippen LogP contribution in [-0.2, 0) is 0 Å². The summed E-state index contributed by atoms with van der Waals surface area (Å²) >= 11 is 0. The minimum Gasteiger partial charge on any atom is -0.507 e. The fourth-order valence-corrected chi connectivity index (χ4v) is 5.31. The third-order valence-corrected chi connectivity index (χ3v) is 7.19. The highest BCUT2D eigenvalue weighted by Crippen LogP contribution is 2.34. The number of para-hydroxylation sites is 3. The summed E-state index contributed by atoms with van der Waals surface area (Å²) in [6.45, 7) is 0. The number of rotatable bonds is 5. The molecule has 7 aromatic rings. The summed E-state index contributed by atoms with van der Waals surface area (Å²) in [5, 5.41) is 27.6. The zero-order valence-electron chi connectivity index (χ0n) is 20.9. The number of nitrogens with one attached hydrogen (secondary N) is 3. The quantitative estimate of drug-likeness (QED) is 0.178. The molecular weight excluding hydrogens is 480 g/mol. The third-order valence-electron chi connectivity index (χ3n) is 7.19. The van der Waals surface area contributed by atoms with Crippen LogP contribution in [0.1, 0.15) is 11.1 Å². The van der Waals surface area contributed by atoms with Crippen LogP contribution < -0.4 is 5.32 Å². The van der Waals surface area contributed by atoms with Gasteiger partial charge in [-0.1, -0.05) is 91.0 Å². The molecule has 2 aromatic heterocycles. The fourth-order valence-electron chi connectivity index (χ4n) is 5.31. The van der Waals surface area contributed by atoms with Crippen molar-refractivity contribution in [3.8, 4) is 17.0 Å². The summed E-state index contributed by atoms with van der Waals surface area (Å²) in [6, 6.07) is 39.4. The fraction of sp³-hybridized carbons (Fsp3) is 0. The lowest BCUT2D eigenvalue weighted by molar-refractivity contribution is 0.477. The Balaban J connectivity index is 1.30. The van der Waals surface area contributed by atoms with E-state index in [9.17, 15) is 10.5 Å². The van der Waals surface area contributed by atoms with Gasteiger partial charge in [0, 0.05) is 38.5 Å². The van der Waals surface area contributed by atoms with Crippen molar-refractivity contribution in [2.45, 2.75) is 0 Å². The van der Waals surface area contributed by atoms with Crippen molar-refractivity contribution >= 4 is 49.8 Å². The zero-order valence-corrected chi connectivity index (χ0v) is 20.9. The number of hydrogen-bond donors (Lipinski definition) is 4. The molecule has 0 unspecified atom stereocenters. The molecule has 39 heavy (non-hydrogen) atoms. The van der Waals surface area contributed by atoms with Crippen molar-refractivity contribution < 1.29 is 5.11 Å². The number of fused-ring (bicyclic) bond motifs is 5. The second-order valence-corrected chi connectivity index (χ2v) is 9.53. The van der Waals surface area contributed by atoms with Crippen molar-refractivity contribution in [1.82, 2.24) is 9.97 Å². The summed E-state index contributed by atoms with van der Waals surface area (Å²) in [4.78, 5) is 8.38. The van der Waals surface area contributed by atoms with E-state index in [-0.39, 0.29) is 5.75 Å². The Bertz CT molecular complexity index is 2040. The molecule has 0 fully saturated rings. The molecule has 0 atom stereocenters. The minimum atomic E-state index is 0.184. The van der Waals surface area contributed by atoms with Crippen LogP contribution in [0.5, 0.6) is 5.75 Å². The predicted octanol–water partition coefficient (Wildman–Crippen LogP) is 8.40. The van der Waals surface area contributed by atoms with Crippen molar-refractivity contribution in [3.05, 3.63) is 132 Å². The molecule has 0 aliphatic carbocycles. The van der Waals surface area contributed by atoms with E-state index in [0.717, 1.165) is 38.6 Å². The summed E-state index contributed by atoms with van der Waals surface area (Å²) in [7, 11) is 0. The number of benzene rings is 5. The van der Waals surface area contributed by atoms with Crippen molar-refractivity contribution in [1.29, 1.82) is 5.41 Å².